The first-order valence-electron chi connectivity index (χ1n) is 10.3. The van der Waals surface area contributed by atoms with Crippen LogP contribution in [0.5, 0.6) is 0 Å². The number of benzene rings is 1. The lowest BCUT2D eigenvalue weighted by atomic mass is 9.93. The third-order valence-corrected chi connectivity index (χ3v) is 5.24. The SMILES string of the molecule is CCNC(=NCC(C)(O)c1ccccc1)NCCC1CCN(CC(F)(F)F)CC1.I. The second-order valence-electron chi connectivity index (χ2n) is 7.89. The zero-order valence-corrected chi connectivity index (χ0v) is 20.0. The van der Waals surface area contributed by atoms with Gasteiger partial charge in [0.1, 0.15) is 5.60 Å². The molecule has 0 saturated carbocycles. The van der Waals surface area contributed by atoms with Gasteiger partial charge in [-0.25, -0.2) is 4.99 Å². The highest BCUT2D eigenvalue weighted by molar-refractivity contribution is 14.0. The number of aliphatic hydroxyl groups is 1. The van der Waals surface area contributed by atoms with E-state index in [1.54, 1.807) is 6.92 Å². The van der Waals surface area contributed by atoms with Crippen LogP contribution >= 0.6 is 24.0 Å². The summed E-state index contributed by atoms with van der Waals surface area (Å²) in [6, 6.07) is 9.43. The Balaban J connectivity index is 0.00000450. The zero-order chi connectivity index (χ0) is 21.3. The Bertz CT molecular complexity index is 633. The minimum absolute atomic E-state index is 0. The molecule has 1 atom stereocenters. The van der Waals surface area contributed by atoms with E-state index in [0.717, 1.165) is 24.8 Å². The lowest BCUT2D eigenvalue weighted by Gasteiger charge is -2.32. The van der Waals surface area contributed by atoms with Crippen LogP contribution in [0.4, 0.5) is 13.2 Å². The number of likely N-dealkylation sites (tertiary alicyclic amines) is 1. The summed E-state index contributed by atoms with van der Waals surface area (Å²) in [5.74, 6) is 1.06. The standard InChI is InChI=1S/C21H33F3N4O.HI/c1-3-25-19(27-15-20(2,29)18-7-5-4-6-8-18)26-12-9-17-10-13-28(14-11-17)16-21(22,23)24;/h4-8,17,29H,3,9-16H2,1-2H3,(H2,25,26,27);1H. The molecule has 0 radical (unpaired) electrons. The second kappa shape index (κ2) is 12.7. The Kier molecular flexibility index (Phi) is 11.4. The maximum atomic E-state index is 12.5. The highest BCUT2D eigenvalue weighted by atomic mass is 127. The van der Waals surface area contributed by atoms with E-state index in [-0.39, 0.29) is 30.5 Å². The van der Waals surface area contributed by atoms with Crippen LogP contribution in [0.2, 0.25) is 0 Å². The number of nitrogens with one attached hydrogen (secondary N) is 2. The van der Waals surface area contributed by atoms with E-state index in [4.69, 9.17) is 0 Å². The Hall–Kier alpha value is -1.07. The smallest absolute Gasteiger partial charge is 0.384 e. The van der Waals surface area contributed by atoms with Crippen molar-refractivity contribution in [1.82, 2.24) is 15.5 Å². The summed E-state index contributed by atoms with van der Waals surface area (Å²) in [7, 11) is 0. The number of aliphatic imine (C=N–C) groups is 1. The summed E-state index contributed by atoms with van der Waals surface area (Å²) in [6.07, 6.45) is -1.66. The van der Waals surface area contributed by atoms with Gasteiger partial charge < -0.3 is 15.7 Å². The van der Waals surface area contributed by atoms with Gasteiger partial charge in [0.25, 0.3) is 0 Å². The first-order chi connectivity index (χ1) is 13.7. The third kappa shape index (κ3) is 9.82. The van der Waals surface area contributed by atoms with Crippen molar-refractivity contribution in [2.45, 2.75) is 44.9 Å². The average Bonchev–Trinajstić information content (AvgIpc) is 2.67. The van der Waals surface area contributed by atoms with Crippen molar-refractivity contribution in [2.75, 3.05) is 39.3 Å². The number of hydrogen-bond donors (Lipinski definition) is 3. The molecule has 0 amide bonds. The molecule has 172 valence electrons. The summed E-state index contributed by atoms with van der Waals surface area (Å²) < 4.78 is 37.4. The number of nitrogens with zero attached hydrogens (tertiary/aromatic N) is 2. The highest BCUT2D eigenvalue weighted by Crippen LogP contribution is 2.24. The normalized spacial score (nSPS) is 18.4. The van der Waals surface area contributed by atoms with E-state index in [2.05, 4.69) is 15.6 Å². The quantitative estimate of drug-likeness (QED) is 0.266. The fraction of sp³-hybridized carbons (Fsp3) is 0.667. The van der Waals surface area contributed by atoms with Gasteiger partial charge in [0.05, 0.1) is 13.1 Å². The molecular weight excluding hydrogens is 508 g/mol. The van der Waals surface area contributed by atoms with Gasteiger partial charge in [0.15, 0.2) is 5.96 Å². The first-order valence-corrected chi connectivity index (χ1v) is 10.3. The molecule has 0 aliphatic carbocycles. The van der Waals surface area contributed by atoms with Gasteiger partial charge in [-0.15, -0.1) is 24.0 Å². The molecule has 1 saturated heterocycles. The van der Waals surface area contributed by atoms with Gasteiger partial charge in [-0.3, -0.25) is 4.90 Å². The number of rotatable bonds is 8. The molecule has 1 aliphatic rings. The van der Waals surface area contributed by atoms with Crippen LogP contribution in [0.15, 0.2) is 35.3 Å². The minimum Gasteiger partial charge on any atom is -0.384 e. The van der Waals surface area contributed by atoms with Crippen LogP contribution in [0.25, 0.3) is 0 Å². The summed E-state index contributed by atoms with van der Waals surface area (Å²) in [5, 5.41) is 17.1. The molecule has 1 aromatic rings. The molecule has 1 heterocycles. The number of piperidine rings is 1. The zero-order valence-electron chi connectivity index (χ0n) is 17.7. The van der Waals surface area contributed by atoms with E-state index >= 15 is 0 Å². The summed E-state index contributed by atoms with van der Waals surface area (Å²) in [5.41, 5.74) is -0.250. The molecule has 9 heteroatoms. The highest BCUT2D eigenvalue weighted by Gasteiger charge is 2.32. The molecule has 0 bridgehead atoms. The Morgan fingerprint density at radius 1 is 1.17 bits per heavy atom. The molecule has 30 heavy (non-hydrogen) atoms. The second-order valence-corrected chi connectivity index (χ2v) is 7.89. The van der Waals surface area contributed by atoms with Crippen LogP contribution in [0.3, 0.4) is 0 Å². The van der Waals surface area contributed by atoms with Crippen molar-refractivity contribution in [3.05, 3.63) is 35.9 Å². The Morgan fingerprint density at radius 2 is 1.80 bits per heavy atom. The Morgan fingerprint density at radius 3 is 2.37 bits per heavy atom. The maximum Gasteiger partial charge on any atom is 0.401 e. The van der Waals surface area contributed by atoms with Crippen LogP contribution in [0.1, 0.15) is 38.7 Å². The summed E-state index contributed by atoms with van der Waals surface area (Å²) in [6.45, 7) is 5.53. The lowest BCUT2D eigenvalue weighted by molar-refractivity contribution is -0.148. The molecule has 2 rings (SSSR count). The number of guanidine groups is 1. The number of hydrogen-bond acceptors (Lipinski definition) is 3. The van der Waals surface area contributed by atoms with Crippen molar-refractivity contribution in [3.63, 3.8) is 0 Å². The molecule has 5 nitrogen and oxygen atoms in total. The predicted octanol–water partition coefficient (Wildman–Crippen LogP) is 3.73. The molecule has 3 N–H and O–H groups in total. The van der Waals surface area contributed by atoms with E-state index in [9.17, 15) is 18.3 Å². The third-order valence-electron chi connectivity index (χ3n) is 5.24. The van der Waals surface area contributed by atoms with Gasteiger partial charge in [0.2, 0.25) is 0 Å². The molecule has 1 fully saturated rings. The van der Waals surface area contributed by atoms with Gasteiger partial charge in [0, 0.05) is 13.1 Å². The van der Waals surface area contributed by atoms with E-state index < -0.39 is 18.3 Å². The largest absolute Gasteiger partial charge is 0.401 e. The van der Waals surface area contributed by atoms with Crippen molar-refractivity contribution >= 4 is 29.9 Å². The fourth-order valence-electron chi connectivity index (χ4n) is 3.54. The molecule has 1 aliphatic heterocycles. The summed E-state index contributed by atoms with van der Waals surface area (Å²) >= 11 is 0. The molecule has 1 unspecified atom stereocenters. The number of halogens is 4. The summed E-state index contributed by atoms with van der Waals surface area (Å²) in [4.78, 5) is 5.99. The van der Waals surface area contributed by atoms with Crippen LogP contribution in [0, 0.1) is 5.92 Å². The van der Waals surface area contributed by atoms with Crippen LogP contribution in [-0.4, -0.2) is 61.4 Å². The molecular formula is C21H34F3IN4O. The van der Waals surface area contributed by atoms with Crippen molar-refractivity contribution in [3.8, 4) is 0 Å². The van der Waals surface area contributed by atoms with Crippen molar-refractivity contribution in [2.24, 2.45) is 10.9 Å². The Labute approximate surface area is 194 Å². The van der Waals surface area contributed by atoms with E-state index in [1.807, 2.05) is 37.3 Å². The van der Waals surface area contributed by atoms with Crippen molar-refractivity contribution in [1.29, 1.82) is 0 Å². The molecule has 1 aromatic carbocycles. The predicted molar refractivity (Wildman–Crippen MR) is 125 cm³/mol. The average molecular weight is 542 g/mol. The van der Waals surface area contributed by atoms with Crippen LogP contribution in [-0.2, 0) is 5.60 Å². The van der Waals surface area contributed by atoms with Crippen molar-refractivity contribution < 1.29 is 18.3 Å². The van der Waals surface area contributed by atoms with Gasteiger partial charge in [-0.1, -0.05) is 30.3 Å². The van der Waals surface area contributed by atoms with Gasteiger partial charge in [-0.2, -0.15) is 13.2 Å². The first kappa shape index (κ1) is 27.0. The molecule has 0 spiro atoms. The van der Waals surface area contributed by atoms with Gasteiger partial charge >= 0.3 is 6.18 Å². The lowest BCUT2D eigenvalue weighted by Crippen LogP contribution is -2.42. The molecule has 0 aromatic heterocycles. The van der Waals surface area contributed by atoms with E-state index in [0.29, 0.717) is 38.1 Å². The maximum absolute atomic E-state index is 12.5. The van der Waals surface area contributed by atoms with E-state index in [1.165, 1.54) is 4.90 Å². The topological polar surface area (TPSA) is 59.9 Å². The fourth-order valence-corrected chi connectivity index (χ4v) is 3.54. The number of alkyl halides is 3. The monoisotopic (exact) mass is 542 g/mol. The minimum atomic E-state index is -4.12. The van der Waals surface area contributed by atoms with Crippen LogP contribution < -0.4 is 10.6 Å². The van der Waals surface area contributed by atoms with Gasteiger partial charge in [-0.05, 0) is 57.7 Å².